The van der Waals surface area contributed by atoms with Crippen LogP contribution in [0.25, 0.3) is 22.6 Å². The van der Waals surface area contributed by atoms with E-state index < -0.39 is 0 Å². The molecular formula is C14H9BrN4. The Hall–Kier alpha value is -2.19. The van der Waals surface area contributed by atoms with Crippen molar-refractivity contribution in [2.45, 2.75) is 0 Å². The summed E-state index contributed by atoms with van der Waals surface area (Å²) >= 11 is 3.48. The normalized spacial score (nSPS) is 10.6. The first-order chi connectivity index (χ1) is 9.20. The second-order valence-electron chi connectivity index (χ2n) is 4.14. The van der Waals surface area contributed by atoms with Gasteiger partial charge in [0.2, 0.25) is 0 Å². The van der Waals surface area contributed by atoms with Crippen molar-refractivity contribution in [2.75, 3.05) is 0 Å². The van der Waals surface area contributed by atoms with E-state index in [2.05, 4.69) is 32.0 Å². The summed E-state index contributed by atoms with van der Waals surface area (Å²) in [6, 6.07) is 11.4. The van der Waals surface area contributed by atoms with Gasteiger partial charge in [0.05, 0.1) is 22.7 Å². The molecule has 2 heterocycles. The van der Waals surface area contributed by atoms with Gasteiger partial charge in [0.15, 0.2) is 5.82 Å². The zero-order valence-electron chi connectivity index (χ0n) is 10.1. The van der Waals surface area contributed by atoms with E-state index in [1.807, 2.05) is 35.9 Å². The molecule has 3 aromatic rings. The van der Waals surface area contributed by atoms with Crippen LogP contribution in [-0.4, -0.2) is 14.5 Å². The molecule has 4 nitrogen and oxygen atoms in total. The number of benzene rings is 1. The fraction of sp³-hybridized carbons (Fsp3) is 0.0714. The van der Waals surface area contributed by atoms with E-state index in [1.165, 1.54) is 0 Å². The molecule has 0 aliphatic rings. The highest BCUT2D eigenvalue weighted by atomic mass is 79.9. The Morgan fingerprint density at radius 1 is 1.32 bits per heavy atom. The third kappa shape index (κ3) is 1.90. The van der Waals surface area contributed by atoms with Crippen LogP contribution in [0.5, 0.6) is 0 Å². The van der Waals surface area contributed by atoms with Crippen LogP contribution in [0.3, 0.4) is 0 Å². The first-order valence-corrected chi connectivity index (χ1v) is 6.47. The van der Waals surface area contributed by atoms with E-state index in [9.17, 15) is 0 Å². The fourth-order valence-electron chi connectivity index (χ4n) is 2.02. The first kappa shape index (κ1) is 11.9. The minimum Gasteiger partial charge on any atom is -0.326 e. The molecular weight excluding hydrogens is 304 g/mol. The zero-order valence-corrected chi connectivity index (χ0v) is 11.7. The van der Waals surface area contributed by atoms with Gasteiger partial charge in [-0.1, -0.05) is 0 Å². The van der Waals surface area contributed by atoms with Gasteiger partial charge in [-0.15, -0.1) is 0 Å². The van der Waals surface area contributed by atoms with Gasteiger partial charge in [-0.05, 0) is 46.3 Å². The molecule has 5 heteroatoms. The van der Waals surface area contributed by atoms with Crippen LogP contribution in [0.15, 0.2) is 41.0 Å². The molecule has 0 atom stereocenters. The van der Waals surface area contributed by atoms with Crippen LogP contribution in [0, 0.1) is 11.3 Å². The smallest absolute Gasteiger partial charge is 0.160 e. The molecule has 0 aliphatic heterocycles. The molecule has 0 radical (unpaired) electrons. The van der Waals surface area contributed by atoms with Crippen LogP contribution in [0.1, 0.15) is 5.56 Å². The molecule has 1 aromatic carbocycles. The molecule has 0 aliphatic carbocycles. The van der Waals surface area contributed by atoms with E-state index in [-0.39, 0.29) is 0 Å². The summed E-state index contributed by atoms with van der Waals surface area (Å²) in [7, 11) is 1.92. The molecule has 2 aromatic heterocycles. The summed E-state index contributed by atoms with van der Waals surface area (Å²) in [6.07, 6.45) is 1.74. The van der Waals surface area contributed by atoms with Crippen molar-refractivity contribution in [1.82, 2.24) is 14.5 Å². The number of pyridine rings is 1. The lowest BCUT2D eigenvalue weighted by Crippen LogP contribution is -1.95. The molecule has 0 saturated carbocycles. The Balaban J connectivity index is 2.30. The van der Waals surface area contributed by atoms with Crippen molar-refractivity contribution < 1.29 is 0 Å². The fourth-order valence-corrected chi connectivity index (χ4v) is 2.45. The summed E-state index contributed by atoms with van der Waals surface area (Å²) in [4.78, 5) is 8.93. The van der Waals surface area contributed by atoms with Crippen LogP contribution < -0.4 is 0 Å². The number of aromatic nitrogens is 3. The Labute approximate surface area is 118 Å². The molecule has 0 bridgehead atoms. The van der Waals surface area contributed by atoms with Crippen LogP contribution in [0.2, 0.25) is 0 Å². The summed E-state index contributed by atoms with van der Waals surface area (Å²) in [6.45, 7) is 0. The number of halogens is 1. The van der Waals surface area contributed by atoms with Crippen molar-refractivity contribution in [3.05, 3.63) is 46.6 Å². The van der Waals surface area contributed by atoms with Crippen LogP contribution in [0.4, 0.5) is 0 Å². The van der Waals surface area contributed by atoms with E-state index in [0.29, 0.717) is 5.56 Å². The minimum atomic E-state index is 0.627. The Bertz CT molecular complexity index is 814. The lowest BCUT2D eigenvalue weighted by Gasteiger charge is -2.03. The van der Waals surface area contributed by atoms with E-state index >= 15 is 0 Å². The molecule has 19 heavy (non-hydrogen) atoms. The van der Waals surface area contributed by atoms with Crippen molar-refractivity contribution >= 4 is 27.0 Å². The number of nitriles is 1. The van der Waals surface area contributed by atoms with E-state index in [0.717, 1.165) is 27.0 Å². The number of hydrogen-bond donors (Lipinski definition) is 0. The number of imidazole rings is 1. The summed E-state index contributed by atoms with van der Waals surface area (Å²) in [5.74, 6) is 0.776. The molecule has 0 spiro atoms. The second kappa shape index (κ2) is 4.48. The largest absolute Gasteiger partial charge is 0.326 e. The third-order valence-electron chi connectivity index (χ3n) is 2.98. The van der Waals surface area contributed by atoms with Gasteiger partial charge in [-0.3, -0.25) is 4.98 Å². The summed E-state index contributed by atoms with van der Waals surface area (Å²) in [5.41, 5.74) is 3.20. The quantitative estimate of drug-likeness (QED) is 0.693. The standard InChI is InChI=1S/C14H9BrN4/c1-19-12-7-9(8-16)4-5-11(12)18-14(19)13-10(15)3-2-6-17-13/h2-7H,1H3. The van der Waals surface area contributed by atoms with Gasteiger partial charge in [0.1, 0.15) is 5.69 Å². The minimum absolute atomic E-state index is 0.627. The average Bonchev–Trinajstić information content (AvgIpc) is 2.76. The monoisotopic (exact) mass is 312 g/mol. The molecule has 0 fully saturated rings. The number of hydrogen-bond acceptors (Lipinski definition) is 3. The number of nitrogens with zero attached hydrogens (tertiary/aromatic N) is 4. The Kier molecular flexibility index (Phi) is 2.80. The highest BCUT2D eigenvalue weighted by molar-refractivity contribution is 9.10. The highest BCUT2D eigenvalue weighted by Gasteiger charge is 2.13. The van der Waals surface area contributed by atoms with Crippen molar-refractivity contribution in [3.63, 3.8) is 0 Å². The summed E-state index contributed by atoms with van der Waals surface area (Å²) in [5, 5.41) is 8.96. The lowest BCUT2D eigenvalue weighted by atomic mass is 10.2. The lowest BCUT2D eigenvalue weighted by molar-refractivity contribution is 0.948. The predicted molar refractivity (Wildman–Crippen MR) is 76.4 cm³/mol. The van der Waals surface area contributed by atoms with Gasteiger partial charge >= 0.3 is 0 Å². The van der Waals surface area contributed by atoms with Crippen LogP contribution in [-0.2, 0) is 7.05 Å². The Morgan fingerprint density at radius 2 is 2.16 bits per heavy atom. The van der Waals surface area contributed by atoms with Gasteiger partial charge in [-0.25, -0.2) is 4.98 Å². The van der Waals surface area contributed by atoms with E-state index in [1.54, 1.807) is 12.3 Å². The summed E-state index contributed by atoms with van der Waals surface area (Å²) < 4.78 is 2.84. The average molecular weight is 313 g/mol. The van der Waals surface area contributed by atoms with E-state index in [4.69, 9.17) is 5.26 Å². The Morgan fingerprint density at radius 3 is 2.89 bits per heavy atom. The number of fused-ring (bicyclic) bond motifs is 1. The zero-order chi connectivity index (χ0) is 13.4. The molecule has 92 valence electrons. The molecule has 0 saturated heterocycles. The van der Waals surface area contributed by atoms with Gasteiger partial charge in [0.25, 0.3) is 0 Å². The van der Waals surface area contributed by atoms with Crippen LogP contribution >= 0.6 is 15.9 Å². The third-order valence-corrected chi connectivity index (χ3v) is 3.62. The number of aryl methyl sites for hydroxylation is 1. The van der Waals surface area contributed by atoms with Gasteiger partial charge in [0, 0.05) is 17.7 Å². The molecule has 0 N–H and O–H groups in total. The maximum atomic E-state index is 8.96. The molecule has 3 rings (SSSR count). The highest BCUT2D eigenvalue weighted by Crippen LogP contribution is 2.27. The van der Waals surface area contributed by atoms with Gasteiger partial charge in [-0.2, -0.15) is 5.26 Å². The van der Waals surface area contributed by atoms with Crippen molar-refractivity contribution in [2.24, 2.45) is 7.05 Å². The second-order valence-corrected chi connectivity index (χ2v) is 5.00. The first-order valence-electron chi connectivity index (χ1n) is 5.68. The molecule has 0 unspecified atom stereocenters. The number of rotatable bonds is 1. The maximum Gasteiger partial charge on any atom is 0.160 e. The topological polar surface area (TPSA) is 54.5 Å². The molecule has 0 amide bonds. The van der Waals surface area contributed by atoms with Crippen molar-refractivity contribution in [1.29, 1.82) is 5.26 Å². The predicted octanol–water partition coefficient (Wildman–Crippen LogP) is 3.27. The SMILES string of the molecule is Cn1c(-c2ncccc2Br)nc2ccc(C#N)cc21. The van der Waals surface area contributed by atoms with Gasteiger partial charge < -0.3 is 4.57 Å². The van der Waals surface area contributed by atoms with Crippen molar-refractivity contribution in [3.8, 4) is 17.6 Å². The maximum absolute atomic E-state index is 8.96.